The molecule has 1 heterocycles. The Balaban J connectivity index is 1.87. The van der Waals surface area contributed by atoms with E-state index in [1.165, 1.54) is 4.90 Å². The average molecular weight is 465 g/mol. The highest BCUT2D eigenvalue weighted by Gasteiger charge is 2.46. The quantitative estimate of drug-likeness (QED) is 0.317. The first-order chi connectivity index (χ1) is 15.8. The van der Waals surface area contributed by atoms with Crippen LogP contribution in [0.4, 0.5) is 0 Å². The highest BCUT2D eigenvalue weighted by molar-refractivity contribution is 6.46. The number of rotatable bonds is 6. The molecule has 0 aliphatic carbocycles. The third-order valence-electron chi connectivity index (χ3n) is 5.86. The molecule has 33 heavy (non-hydrogen) atoms. The number of benzene rings is 3. The predicted molar refractivity (Wildman–Crippen MR) is 129 cm³/mol. The molecule has 4 rings (SSSR count). The second-order valence-electron chi connectivity index (χ2n) is 8.39. The summed E-state index contributed by atoms with van der Waals surface area (Å²) in [7, 11) is 3.87. The van der Waals surface area contributed by atoms with Crippen molar-refractivity contribution in [2.24, 2.45) is 0 Å². The van der Waals surface area contributed by atoms with Gasteiger partial charge in [-0.05, 0) is 56.2 Å². The first-order valence-corrected chi connectivity index (χ1v) is 11.1. The summed E-state index contributed by atoms with van der Waals surface area (Å²) in [5, 5.41) is 23.9. The molecule has 3 aromatic rings. The summed E-state index contributed by atoms with van der Waals surface area (Å²) in [4.78, 5) is 29.6. The van der Waals surface area contributed by atoms with E-state index in [1.54, 1.807) is 48.5 Å². The number of carbonyl (C=O) groups excluding carboxylic acids is 2. The highest BCUT2D eigenvalue weighted by Crippen LogP contribution is 2.42. The molecule has 1 unspecified atom stereocenters. The van der Waals surface area contributed by atoms with Gasteiger partial charge in [-0.15, -0.1) is 0 Å². The molecule has 0 aromatic heterocycles. The summed E-state index contributed by atoms with van der Waals surface area (Å²) >= 11 is 6.21. The number of Topliss-reactive ketones (excluding diaryl/α,β-unsaturated/α-hetero) is 1. The van der Waals surface area contributed by atoms with Crippen LogP contribution in [0.15, 0.2) is 66.2 Å². The third-order valence-corrected chi connectivity index (χ3v) is 6.10. The lowest BCUT2D eigenvalue weighted by molar-refractivity contribution is -0.139. The Bertz CT molecular complexity index is 1270. The van der Waals surface area contributed by atoms with Crippen molar-refractivity contribution in [2.75, 3.05) is 27.2 Å². The number of aromatic hydroxyl groups is 1. The number of ketones is 1. The molecule has 3 aromatic carbocycles. The zero-order valence-electron chi connectivity index (χ0n) is 18.5. The first-order valence-electron chi connectivity index (χ1n) is 10.7. The lowest BCUT2D eigenvalue weighted by atomic mass is 9.94. The van der Waals surface area contributed by atoms with Gasteiger partial charge in [-0.2, -0.15) is 0 Å². The number of fused-ring (bicyclic) bond motifs is 1. The van der Waals surface area contributed by atoms with Crippen molar-refractivity contribution < 1.29 is 19.8 Å². The molecule has 1 saturated heterocycles. The number of likely N-dealkylation sites (tertiary alicyclic amines) is 1. The summed E-state index contributed by atoms with van der Waals surface area (Å²) in [5.41, 5.74) is 0.665. The molecule has 2 N–H and O–H groups in total. The standard InChI is InChI=1S/C26H25ClN2O4/c1-28(2)13-6-14-29-22(17-8-5-9-18(27)15-17)21(25(32)26(29)33)24(31)20-12-11-16-7-3-4-10-19(16)23(20)30/h3-5,7-12,15,22,30-31H,6,13-14H2,1-2H3/b24-21+. The number of aliphatic hydroxyl groups excluding tert-OH is 1. The van der Waals surface area contributed by atoms with Crippen molar-refractivity contribution in [2.45, 2.75) is 12.5 Å². The Morgan fingerprint density at radius 1 is 1.06 bits per heavy atom. The lowest BCUT2D eigenvalue weighted by Crippen LogP contribution is -2.32. The van der Waals surface area contributed by atoms with Gasteiger partial charge in [0.05, 0.1) is 17.2 Å². The van der Waals surface area contributed by atoms with Gasteiger partial charge < -0.3 is 20.0 Å². The number of phenolic OH excluding ortho intramolecular Hbond substituents is 1. The van der Waals surface area contributed by atoms with Gasteiger partial charge in [-0.1, -0.05) is 54.1 Å². The normalized spacial score (nSPS) is 17.9. The highest BCUT2D eigenvalue weighted by atomic mass is 35.5. The van der Waals surface area contributed by atoms with Gasteiger partial charge in [0.2, 0.25) is 0 Å². The van der Waals surface area contributed by atoms with E-state index in [9.17, 15) is 19.8 Å². The van der Waals surface area contributed by atoms with Crippen LogP contribution in [0.2, 0.25) is 5.02 Å². The predicted octanol–water partition coefficient (Wildman–Crippen LogP) is 4.57. The van der Waals surface area contributed by atoms with Gasteiger partial charge in [0.1, 0.15) is 11.5 Å². The van der Waals surface area contributed by atoms with Crippen molar-refractivity contribution in [3.8, 4) is 5.75 Å². The van der Waals surface area contributed by atoms with Crippen molar-refractivity contribution in [1.29, 1.82) is 0 Å². The van der Waals surface area contributed by atoms with Crippen molar-refractivity contribution >= 4 is 39.8 Å². The van der Waals surface area contributed by atoms with Crippen LogP contribution in [0, 0.1) is 0 Å². The zero-order valence-corrected chi connectivity index (χ0v) is 19.2. The molecular formula is C26H25ClN2O4. The van der Waals surface area contributed by atoms with Crippen molar-refractivity contribution in [1.82, 2.24) is 9.80 Å². The molecule has 1 atom stereocenters. The average Bonchev–Trinajstić information content (AvgIpc) is 3.04. The molecule has 0 radical (unpaired) electrons. The molecule has 0 saturated carbocycles. The third kappa shape index (κ3) is 4.32. The Hall–Kier alpha value is -3.35. The Morgan fingerprint density at radius 3 is 2.55 bits per heavy atom. The molecule has 0 bridgehead atoms. The number of hydrogen-bond donors (Lipinski definition) is 2. The maximum Gasteiger partial charge on any atom is 0.295 e. The number of nitrogens with zero attached hydrogens (tertiary/aromatic N) is 2. The topological polar surface area (TPSA) is 81.1 Å². The molecular weight excluding hydrogens is 440 g/mol. The second-order valence-corrected chi connectivity index (χ2v) is 8.82. The number of carbonyl (C=O) groups is 2. The fourth-order valence-corrected chi connectivity index (χ4v) is 4.48. The minimum Gasteiger partial charge on any atom is -0.507 e. The van der Waals surface area contributed by atoms with Gasteiger partial charge in [-0.3, -0.25) is 9.59 Å². The Kier molecular flexibility index (Phi) is 6.40. The van der Waals surface area contributed by atoms with Crippen LogP contribution in [0.1, 0.15) is 23.6 Å². The number of phenols is 1. The summed E-state index contributed by atoms with van der Waals surface area (Å²) < 4.78 is 0. The van der Waals surface area contributed by atoms with Crippen LogP contribution >= 0.6 is 11.6 Å². The maximum atomic E-state index is 13.1. The van der Waals surface area contributed by atoms with E-state index in [4.69, 9.17) is 11.6 Å². The molecule has 6 nitrogen and oxygen atoms in total. The van der Waals surface area contributed by atoms with E-state index < -0.39 is 23.5 Å². The van der Waals surface area contributed by atoms with E-state index in [2.05, 4.69) is 0 Å². The van der Waals surface area contributed by atoms with Crippen LogP contribution in [0.5, 0.6) is 5.75 Å². The van der Waals surface area contributed by atoms with E-state index in [-0.39, 0.29) is 16.9 Å². The number of amides is 1. The molecule has 7 heteroatoms. The van der Waals surface area contributed by atoms with Crippen LogP contribution < -0.4 is 0 Å². The molecule has 0 spiro atoms. The van der Waals surface area contributed by atoms with Crippen molar-refractivity contribution in [3.63, 3.8) is 0 Å². The Labute approximate surface area is 197 Å². The maximum absolute atomic E-state index is 13.1. The summed E-state index contributed by atoms with van der Waals surface area (Å²) in [5.74, 6) is -2.01. The van der Waals surface area contributed by atoms with E-state index in [1.807, 2.05) is 31.1 Å². The largest absolute Gasteiger partial charge is 0.507 e. The monoisotopic (exact) mass is 464 g/mol. The smallest absolute Gasteiger partial charge is 0.295 e. The van der Waals surface area contributed by atoms with Gasteiger partial charge in [-0.25, -0.2) is 0 Å². The van der Waals surface area contributed by atoms with E-state index >= 15 is 0 Å². The lowest BCUT2D eigenvalue weighted by Gasteiger charge is -2.26. The minimum absolute atomic E-state index is 0.0577. The number of aliphatic hydroxyl groups is 1. The van der Waals surface area contributed by atoms with Crippen LogP contribution in [0.3, 0.4) is 0 Å². The zero-order chi connectivity index (χ0) is 23.7. The van der Waals surface area contributed by atoms with Crippen LogP contribution in [-0.2, 0) is 9.59 Å². The van der Waals surface area contributed by atoms with E-state index in [0.717, 1.165) is 11.9 Å². The summed E-state index contributed by atoms with van der Waals surface area (Å²) in [6.45, 7) is 1.07. The molecule has 1 aliphatic heterocycles. The van der Waals surface area contributed by atoms with Crippen LogP contribution in [0.25, 0.3) is 16.5 Å². The summed E-state index contributed by atoms with van der Waals surface area (Å²) in [6, 6.07) is 16.6. The van der Waals surface area contributed by atoms with Crippen LogP contribution in [-0.4, -0.2) is 58.9 Å². The van der Waals surface area contributed by atoms with Gasteiger partial charge in [0.15, 0.2) is 0 Å². The number of hydrogen-bond acceptors (Lipinski definition) is 5. The Morgan fingerprint density at radius 2 is 1.82 bits per heavy atom. The SMILES string of the molecule is CN(C)CCCN1C(=O)C(=O)/C(=C(/O)c2ccc3ccccc3c2O)C1c1cccc(Cl)c1. The molecule has 170 valence electrons. The van der Waals surface area contributed by atoms with Gasteiger partial charge >= 0.3 is 0 Å². The van der Waals surface area contributed by atoms with Gasteiger partial charge in [0.25, 0.3) is 11.7 Å². The molecule has 1 fully saturated rings. The number of halogens is 1. The fraction of sp³-hybridized carbons (Fsp3) is 0.231. The van der Waals surface area contributed by atoms with E-state index in [0.29, 0.717) is 28.9 Å². The van der Waals surface area contributed by atoms with Gasteiger partial charge in [0, 0.05) is 17.0 Å². The molecule has 1 amide bonds. The fourth-order valence-electron chi connectivity index (χ4n) is 4.28. The first kappa shape index (κ1) is 22.8. The van der Waals surface area contributed by atoms with Crippen molar-refractivity contribution in [3.05, 3.63) is 82.4 Å². The second kappa shape index (κ2) is 9.25. The summed E-state index contributed by atoms with van der Waals surface area (Å²) in [6.07, 6.45) is 0.651. The minimum atomic E-state index is -0.809. The molecule has 1 aliphatic rings.